The zero-order chi connectivity index (χ0) is 18.0. The SMILES string of the molecule is CCCCCCCCCCCCCCC=CC(CC(=O)[O-])C(=O)[O-].O.[Na+].[Na+]. The molecule has 0 heterocycles. The summed E-state index contributed by atoms with van der Waals surface area (Å²) >= 11 is 0. The number of rotatable bonds is 17. The second kappa shape index (κ2) is 26.6. The first-order valence-electron chi connectivity index (χ1n) is 9.65. The first-order chi connectivity index (χ1) is 11.6. The van der Waals surface area contributed by atoms with Crippen LogP contribution in [-0.2, 0) is 9.59 Å². The van der Waals surface area contributed by atoms with Crippen molar-refractivity contribution in [2.45, 2.75) is 96.8 Å². The van der Waals surface area contributed by atoms with Crippen LogP contribution in [0.2, 0.25) is 0 Å². The summed E-state index contributed by atoms with van der Waals surface area (Å²) in [5.41, 5.74) is 0. The fourth-order valence-corrected chi connectivity index (χ4v) is 2.77. The van der Waals surface area contributed by atoms with Gasteiger partial charge in [0.1, 0.15) is 0 Å². The third-order valence-electron chi connectivity index (χ3n) is 4.28. The molecule has 7 heteroatoms. The monoisotopic (exact) mass is 402 g/mol. The first kappa shape index (κ1) is 35.1. The van der Waals surface area contributed by atoms with Gasteiger partial charge in [0.15, 0.2) is 0 Å². The summed E-state index contributed by atoms with van der Waals surface area (Å²) in [7, 11) is 0. The van der Waals surface area contributed by atoms with E-state index < -0.39 is 24.3 Å². The minimum absolute atomic E-state index is 0. The minimum Gasteiger partial charge on any atom is -0.550 e. The van der Waals surface area contributed by atoms with Crippen LogP contribution in [0.4, 0.5) is 0 Å². The quantitative estimate of drug-likeness (QED) is 0.142. The van der Waals surface area contributed by atoms with E-state index in [9.17, 15) is 19.8 Å². The van der Waals surface area contributed by atoms with E-state index in [1.165, 1.54) is 70.3 Å². The van der Waals surface area contributed by atoms with Crippen molar-refractivity contribution >= 4 is 11.9 Å². The molecule has 1 unspecified atom stereocenters. The first-order valence-corrected chi connectivity index (χ1v) is 9.65. The fourth-order valence-electron chi connectivity index (χ4n) is 2.77. The van der Waals surface area contributed by atoms with Crippen molar-refractivity contribution in [3.63, 3.8) is 0 Å². The van der Waals surface area contributed by atoms with Crippen molar-refractivity contribution in [2.24, 2.45) is 5.92 Å². The van der Waals surface area contributed by atoms with Gasteiger partial charge in [0.25, 0.3) is 0 Å². The van der Waals surface area contributed by atoms with Gasteiger partial charge in [0.05, 0.1) is 0 Å². The predicted molar refractivity (Wildman–Crippen MR) is 96.6 cm³/mol. The molecule has 0 aliphatic rings. The topological polar surface area (TPSA) is 112 Å². The molecule has 0 radical (unpaired) electrons. The van der Waals surface area contributed by atoms with E-state index in [1.54, 1.807) is 6.08 Å². The van der Waals surface area contributed by atoms with Gasteiger partial charge in [0.2, 0.25) is 0 Å². The molecular formula is C20H36Na2O5. The van der Waals surface area contributed by atoms with Gasteiger partial charge < -0.3 is 25.3 Å². The van der Waals surface area contributed by atoms with Crippen LogP contribution in [0.3, 0.4) is 0 Å². The second-order valence-electron chi connectivity index (χ2n) is 6.61. The van der Waals surface area contributed by atoms with Crippen LogP contribution in [0.1, 0.15) is 96.8 Å². The molecule has 5 nitrogen and oxygen atoms in total. The summed E-state index contributed by atoms with van der Waals surface area (Å²) < 4.78 is 0. The number of unbranched alkanes of at least 4 members (excludes halogenated alkanes) is 12. The summed E-state index contributed by atoms with van der Waals surface area (Å²) in [6.45, 7) is 2.24. The molecule has 0 aromatic rings. The van der Waals surface area contributed by atoms with E-state index >= 15 is 0 Å². The predicted octanol–water partition coefficient (Wildman–Crippen LogP) is -3.68. The number of allylic oxidation sites excluding steroid dienone is 1. The molecule has 0 aliphatic carbocycles. The Labute approximate surface area is 209 Å². The number of aliphatic carboxylic acids is 2. The van der Waals surface area contributed by atoms with E-state index in [-0.39, 0.29) is 64.6 Å². The fraction of sp³-hybridized carbons (Fsp3) is 0.800. The maximum absolute atomic E-state index is 10.7. The second-order valence-corrected chi connectivity index (χ2v) is 6.61. The summed E-state index contributed by atoms with van der Waals surface area (Å²) in [5.74, 6) is -3.79. The summed E-state index contributed by atoms with van der Waals surface area (Å²) in [5, 5.41) is 21.2. The summed E-state index contributed by atoms with van der Waals surface area (Å²) in [6.07, 6.45) is 18.9. The molecule has 0 saturated carbocycles. The van der Waals surface area contributed by atoms with Crippen LogP contribution in [0, 0.1) is 5.92 Å². The number of carboxylic acid groups (broad SMARTS) is 2. The van der Waals surface area contributed by atoms with E-state index in [0.29, 0.717) is 0 Å². The Bertz CT molecular complexity index is 362. The average Bonchev–Trinajstić information content (AvgIpc) is 2.53. The van der Waals surface area contributed by atoms with Crippen LogP contribution in [0.25, 0.3) is 0 Å². The van der Waals surface area contributed by atoms with Gasteiger partial charge in [0, 0.05) is 17.9 Å². The molecule has 0 saturated heterocycles. The van der Waals surface area contributed by atoms with Crippen molar-refractivity contribution < 1.29 is 84.4 Å². The van der Waals surface area contributed by atoms with Crippen LogP contribution < -0.4 is 69.3 Å². The van der Waals surface area contributed by atoms with Gasteiger partial charge in [-0.2, -0.15) is 0 Å². The molecule has 0 rings (SSSR count). The van der Waals surface area contributed by atoms with Gasteiger partial charge in [-0.1, -0.05) is 89.7 Å². The Hall–Kier alpha value is 0.640. The standard InChI is InChI=1S/C20H36O4.2Na.H2O/c1-2-3-4-5-6-7-8-9-10-11-12-13-14-15-16-18(20(23)24)17-19(21)22;;;/h15-16,18H,2-14,17H2,1H3,(H,21,22)(H,23,24);;;1H2/q;2*+1;/p-2. The molecule has 27 heavy (non-hydrogen) atoms. The Kier molecular flexibility index (Phi) is 34.6. The van der Waals surface area contributed by atoms with Crippen molar-refractivity contribution in [2.75, 3.05) is 0 Å². The third-order valence-corrected chi connectivity index (χ3v) is 4.28. The third kappa shape index (κ3) is 26.6. The minimum atomic E-state index is -1.36. The van der Waals surface area contributed by atoms with E-state index in [1.807, 2.05) is 0 Å². The van der Waals surface area contributed by atoms with Crippen LogP contribution in [0.15, 0.2) is 12.2 Å². The van der Waals surface area contributed by atoms with Crippen molar-refractivity contribution in [3.8, 4) is 0 Å². The molecule has 0 spiro atoms. The Balaban J connectivity index is -0.000000882. The maximum atomic E-state index is 10.7. The van der Waals surface area contributed by atoms with Crippen molar-refractivity contribution in [1.82, 2.24) is 0 Å². The van der Waals surface area contributed by atoms with Gasteiger partial charge in [-0.25, -0.2) is 0 Å². The summed E-state index contributed by atoms with van der Waals surface area (Å²) in [4.78, 5) is 21.2. The van der Waals surface area contributed by atoms with Gasteiger partial charge in [-0.05, 0) is 19.3 Å². The molecule has 0 bridgehead atoms. The molecule has 148 valence electrons. The van der Waals surface area contributed by atoms with E-state index in [4.69, 9.17) is 0 Å². The van der Waals surface area contributed by atoms with Crippen LogP contribution in [0.5, 0.6) is 0 Å². The number of carboxylic acids is 2. The zero-order valence-electron chi connectivity index (χ0n) is 17.8. The van der Waals surface area contributed by atoms with E-state index in [0.717, 1.165) is 19.3 Å². The molecule has 1 atom stereocenters. The number of hydrogen-bond acceptors (Lipinski definition) is 4. The average molecular weight is 402 g/mol. The number of carbonyl (C=O) groups excluding carboxylic acids is 2. The summed E-state index contributed by atoms with van der Waals surface area (Å²) in [6, 6.07) is 0. The molecule has 0 amide bonds. The van der Waals surface area contributed by atoms with Gasteiger partial charge >= 0.3 is 59.1 Å². The number of hydrogen-bond donors (Lipinski definition) is 0. The Morgan fingerprint density at radius 1 is 0.778 bits per heavy atom. The molecule has 0 aromatic carbocycles. The van der Waals surface area contributed by atoms with Crippen molar-refractivity contribution in [1.29, 1.82) is 0 Å². The van der Waals surface area contributed by atoms with Crippen molar-refractivity contribution in [3.05, 3.63) is 12.2 Å². The van der Waals surface area contributed by atoms with Crippen LogP contribution >= 0.6 is 0 Å². The van der Waals surface area contributed by atoms with Crippen LogP contribution in [-0.4, -0.2) is 17.4 Å². The molecular weight excluding hydrogens is 366 g/mol. The van der Waals surface area contributed by atoms with Gasteiger partial charge in [-0.3, -0.25) is 0 Å². The molecule has 0 aliphatic heterocycles. The Morgan fingerprint density at radius 3 is 1.56 bits per heavy atom. The Morgan fingerprint density at radius 2 is 1.19 bits per heavy atom. The largest absolute Gasteiger partial charge is 1.00 e. The smallest absolute Gasteiger partial charge is 0.550 e. The zero-order valence-corrected chi connectivity index (χ0v) is 21.8. The maximum Gasteiger partial charge on any atom is 1.00 e. The molecule has 0 aromatic heterocycles. The van der Waals surface area contributed by atoms with E-state index in [2.05, 4.69) is 6.92 Å². The number of carbonyl (C=O) groups is 2. The van der Waals surface area contributed by atoms with Gasteiger partial charge in [-0.15, -0.1) is 0 Å². The normalized spacial score (nSPS) is 11.1. The molecule has 2 N–H and O–H groups in total. The molecule has 0 fully saturated rings.